The van der Waals surface area contributed by atoms with Gasteiger partial charge in [0, 0.05) is 17.0 Å². The number of fused-ring (bicyclic) bond motifs is 1. The Balaban J connectivity index is 1.72. The first-order valence-corrected chi connectivity index (χ1v) is 7.26. The highest BCUT2D eigenvalue weighted by molar-refractivity contribution is 6.34. The van der Waals surface area contributed by atoms with Crippen molar-refractivity contribution in [1.29, 1.82) is 0 Å². The summed E-state index contributed by atoms with van der Waals surface area (Å²) in [6.45, 7) is 0.661. The number of hydrogen-bond donors (Lipinski definition) is 0. The van der Waals surface area contributed by atoms with Gasteiger partial charge in [0.1, 0.15) is 0 Å². The van der Waals surface area contributed by atoms with Gasteiger partial charge >= 0.3 is 0 Å². The molecule has 0 atom stereocenters. The number of halogens is 1. The highest BCUT2D eigenvalue weighted by atomic mass is 35.5. The van der Waals surface area contributed by atoms with E-state index in [4.69, 9.17) is 16.6 Å². The zero-order valence-corrected chi connectivity index (χ0v) is 11.7. The summed E-state index contributed by atoms with van der Waals surface area (Å²) in [6, 6.07) is 14.3. The zero-order chi connectivity index (χ0) is 13.5. The lowest BCUT2D eigenvalue weighted by molar-refractivity contribution is 0.692. The van der Waals surface area contributed by atoms with Gasteiger partial charge in [-0.25, -0.2) is 0 Å². The second-order valence-electron chi connectivity index (χ2n) is 5.29. The first-order chi connectivity index (χ1) is 9.81. The maximum atomic E-state index is 6.18. The van der Waals surface area contributed by atoms with Crippen molar-refractivity contribution in [3.63, 3.8) is 0 Å². The molecular formula is C16H14ClN3. The van der Waals surface area contributed by atoms with Gasteiger partial charge in [-0.2, -0.15) is 5.10 Å². The summed E-state index contributed by atoms with van der Waals surface area (Å²) in [7, 11) is 0. The molecule has 100 valence electrons. The van der Waals surface area contributed by atoms with E-state index in [1.807, 2.05) is 28.9 Å². The van der Waals surface area contributed by atoms with Crippen LogP contribution in [0.2, 0.25) is 5.15 Å². The van der Waals surface area contributed by atoms with Gasteiger partial charge in [0.05, 0.1) is 17.8 Å². The van der Waals surface area contributed by atoms with Gasteiger partial charge in [-0.1, -0.05) is 29.8 Å². The van der Waals surface area contributed by atoms with Crippen LogP contribution in [0.4, 0.5) is 0 Å². The molecule has 0 radical (unpaired) electrons. The fourth-order valence-electron chi connectivity index (χ4n) is 2.55. The summed E-state index contributed by atoms with van der Waals surface area (Å²) in [5.41, 5.74) is 3.31. The second kappa shape index (κ2) is 4.60. The molecule has 1 fully saturated rings. The van der Waals surface area contributed by atoms with Crippen molar-refractivity contribution in [2.75, 3.05) is 0 Å². The normalized spacial score (nSPS) is 14.8. The molecule has 1 aromatic carbocycles. The van der Waals surface area contributed by atoms with Crippen LogP contribution in [0.5, 0.6) is 0 Å². The van der Waals surface area contributed by atoms with E-state index in [9.17, 15) is 0 Å². The number of pyridine rings is 1. The van der Waals surface area contributed by atoms with Crippen LogP contribution in [0.15, 0.2) is 42.5 Å². The fraction of sp³-hybridized carbons (Fsp3) is 0.250. The lowest BCUT2D eigenvalue weighted by Crippen LogP contribution is -2.04. The monoisotopic (exact) mass is 283 g/mol. The van der Waals surface area contributed by atoms with Crippen LogP contribution in [0, 0.1) is 0 Å². The Labute approximate surface area is 122 Å². The summed E-state index contributed by atoms with van der Waals surface area (Å²) in [5.74, 6) is 0.674. The molecule has 0 aliphatic heterocycles. The van der Waals surface area contributed by atoms with Crippen molar-refractivity contribution < 1.29 is 0 Å². The topological polar surface area (TPSA) is 30.7 Å². The highest BCUT2D eigenvalue weighted by Crippen LogP contribution is 2.38. The third kappa shape index (κ3) is 2.08. The van der Waals surface area contributed by atoms with E-state index in [0.717, 1.165) is 16.6 Å². The molecule has 3 nitrogen and oxygen atoms in total. The summed E-state index contributed by atoms with van der Waals surface area (Å²) < 4.78 is 1.93. The summed E-state index contributed by atoms with van der Waals surface area (Å²) >= 11 is 6.18. The number of nitrogens with zero attached hydrogens (tertiary/aromatic N) is 3. The Morgan fingerprint density at radius 1 is 1.10 bits per heavy atom. The van der Waals surface area contributed by atoms with E-state index in [2.05, 4.69) is 23.3 Å². The number of hydrogen-bond acceptors (Lipinski definition) is 2. The van der Waals surface area contributed by atoms with Crippen LogP contribution in [0.1, 0.15) is 30.1 Å². The van der Waals surface area contributed by atoms with Crippen LogP contribution in [-0.4, -0.2) is 14.8 Å². The smallest absolute Gasteiger partial charge is 0.158 e. The minimum absolute atomic E-state index is 0.555. The second-order valence-corrected chi connectivity index (χ2v) is 5.65. The molecule has 3 aromatic rings. The van der Waals surface area contributed by atoms with E-state index < -0.39 is 0 Å². The van der Waals surface area contributed by atoms with Crippen molar-refractivity contribution >= 4 is 22.5 Å². The predicted molar refractivity (Wildman–Crippen MR) is 80.1 cm³/mol. The molecule has 0 N–H and O–H groups in total. The first kappa shape index (κ1) is 11.9. The molecule has 0 spiro atoms. The summed E-state index contributed by atoms with van der Waals surface area (Å²) in [6.07, 6.45) is 2.54. The van der Waals surface area contributed by atoms with Crippen molar-refractivity contribution in [3.05, 3.63) is 59.0 Å². The lowest BCUT2D eigenvalue weighted by Gasteiger charge is -2.05. The molecule has 2 heterocycles. The highest BCUT2D eigenvalue weighted by Gasteiger charge is 2.24. The minimum Gasteiger partial charge on any atom is -0.257 e. The van der Waals surface area contributed by atoms with Crippen molar-refractivity contribution in [2.45, 2.75) is 25.3 Å². The van der Waals surface area contributed by atoms with Crippen LogP contribution in [0.3, 0.4) is 0 Å². The standard InChI is InChI=1S/C16H14ClN3/c17-16-13-5-1-2-7-15(13)20(19-16)10-12-4-3-6-14(18-12)11-8-9-11/h1-7,11H,8-10H2. The number of para-hydroxylation sites is 1. The zero-order valence-electron chi connectivity index (χ0n) is 11.0. The van der Waals surface area contributed by atoms with Crippen molar-refractivity contribution in [3.8, 4) is 0 Å². The average molecular weight is 284 g/mol. The van der Waals surface area contributed by atoms with Crippen LogP contribution in [0.25, 0.3) is 10.9 Å². The van der Waals surface area contributed by atoms with E-state index in [-0.39, 0.29) is 0 Å². The van der Waals surface area contributed by atoms with Crippen molar-refractivity contribution in [2.24, 2.45) is 0 Å². The molecule has 0 unspecified atom stereocenters. The average Bonchev–Trinajstić information content (AvgIpc) is 3.27. The Morgan fingerprint density at radius 2 is 1.95 bits per heavy atom. The molecule has 4 heteroatoms. The van der Waals surface area contributed by atoms with Gasteiger partial charge in [-0.3, -0.25) is 9.67 Å². The van der Waals surface area contributed by atoms with Gasteiger partial charge in [-0.15, -0.1) is 0 Å². The molecule has 0 amide bonds. The van der Waals surface area contributed by atoms with E-state index in [0.29, 0.717) is 17.6 Å². The number of benzene rings is 1. The SMILES string of the molecule is Clc1nn(Cc2cccc(C3CC3)n2)c2ccccc12. The Morgan fingerprint density at radius 3 is 2.80 bits per heavy atom. The molecule has 0 saturated heterocycles. The largest absolute Gasteiger partial charge is 0.257 e. The molecule has 1 aliphatic rings. The number of rotatable bonds is 3. The number of aromatic nitrogens is 3. The maximum absolute atomic E-state index is 6.18. The van der Waals surface area contributed by atoms with E-state index in [1.54, 1.807) is 0 Å². The lowest BCUT2D eigenvalue weighted by atomic mass is 10.2. The van der Waals surface area contributed by atoms with Crippen LogP contribution >= 0.6 is 11.6 Å². The van der Waals surface area contributed by atoms with Crippen LogP contribution < -0.4 is 0 Å². The maximum Gasteiger partial charge on any atom is 0.158 e. The molecule has 2 aromatic heterocycles. The molecule has 20 heavy (non-hydrogen) atoms. The first-order valence-electron chi connectivity index (χ1n) is 6.88. The van der Waals surface area contributed by atoms with Gasteiger partial charge < -0.3 is 0 Å². The van der Waals surface area contributed by atoms with Gasteiger partial charge in [0.2, 0.25) is 0 Å². The molecular weight excluding hydrogens is 270 g/mol. The molecule has 1 aliphatic carbocycles. The predicted octanol–water partition coefficient (Wildman–Crippen LogP) is 4.01. The van der Waals surface area contributed by atoms with E-state index >= 15 is 0 Å². The molecule has 1 saturated carbocycles. The quantitative estimate of drug-likeness (QED) is 0.727. The summed E-state index contributed by atoms with van der Waals surface area (Å²) in [4.78, 5) is 4.74. The summed E-state index contributed by atoms with van der Waals surface area (Å²) in [5, 5.41) is 5.96. The Hall–Kier alpha value is -1.87. The van der Waals surface area contributed by atoms with E-state index in [1.165, 1.54) is 18.5 Å². The third-order valence-corrected chi connectivity index (χ3v) is 4.03. The minimum atomic E-state index is 0.555. The van der Waals surface area contributed by atoms with Gasteiger partial charge in [-0.05, 0) is 37.1 Å². The molecule has 4 rings (SSSR count). The van der Waals surface area contributed by atoms with Crippen molar-refractivity contribution in [1.82, 2.24) is 14.8 Å². The fourth-order valence-corrected chi connectivity index (χ4v) is 2.80. The van der Waals surface area contributed by atoms with Gasteiger partial charge in [0.15, 0.2) is 5.15 Å². The third-order valence-electron chi connectivity index (χ3n) is 3.75. The molecule has 0 bridgehead atoms. The van der Waals surface area contributed by atoms with Gasteiger partial charge in [0.25, 0.3) is 0 Å². The Bertz CT molecular complexity index is 774. The Kier molecular flexibility index (Phi) is 2.74. The van der Waals surface area contributed by atoms with Crippen LogP contribution in [-0.2, 0) is 6.54 Å².